The van der Waals surface area contributed by atoms with Crippen molar-refractivity contribution < 1.29 is 9.59 Å². The number of carbonyl (C=O) groups excluding carboxylic acids is 2. The third kappa shape index (κ3) is 5.70. The van der Waals surface area contributed by atoms with Gasteiger partial charge in [-0.1, -0.05) is 67.9 Å². The Morgan fingerprint density at radius 3 is 2.10 bits per heavy atom. The van der Waals surface area contributed by atoms with Crippen molar-refractivity contribution >= 4 is 29.0 Å². The highest BCUT2D eigenvalue weighted by molar-refractivity contribution is 6.01. The lowest BCUT2D eigenvalue weighted by Gasteiger charge is -2.18. The van der Waals surface area contributed by atoms with Gasteiger partial charge in [-0.2, -0.15) is 0 Å². The van der Waals surface area contributed by atoms with Crippen molar-refractivity contribution in [2.24, 2.45) is 0 Å². The van der Waals surface area contributed by atoms with Crippen LogP contribution in [0, 0.1) is 6.92 Å². The Hall–Kier alpha value is -3.60. The SMILES string of the molecule is CCCC(C(=O)Nc1cc(NC(=O)Nc2ccccc2)ccc1C)c1ccccc1. The second kappa shape index (κ2) is 10.3. The summed E-state index contributed by atoms with van der Waals surface area (Å²) >= 11 is 0. The lowest BCUT2D eigenvalue weighted by Crippen LogP contribution is -2.22. The minimum atomic E-state index is -0.338. The predicted octanol–water partition coefficient (Wildman–Crippen LogP) is 6.16. The molecule has 154 valence electrons. The number of carbonyl (C=O) groups is 2. The first-order valence-electron chi connectivity index (χ1n) is 10.2. The van der Waals surface area contributed by atoms with Gasteiger partial charge in [0.25, 0.3) is 0 Å². The van der Waals surface area contributed by atoms with Gasteiger partial charge >= 0.3 is 6.03 Å². The molecule has 5 heteroatoms. The van der Waals surface area contributed by atoms with Crippen LogP contribution in [-0.2, 0) is 4.79 Å². The number of amides is 3. The zero-order chi connectivity index (χ0) is 21.3. The second-order valence-electron chi connectivity index (χ2n) is 7.22. The lowest BCUT2D eigenvalue weighted by atomic mass is 9.93. The van der Waals surface area contributed by atoms with E-state index in [0.29, 0.717) is 17.1 Å². The van der Waals surface area contributed by atoms with Gasteiger partial charge in [0.2, 0.25) is 5.91 Å². The first-order chi connectivity index (χ1) is 14.6. The van der Waals surface area contributed by atoms with Crippen LogP contribution in [0.4, 0.5) is 21.9 Å². The van der Waals surface area contributed by atoms with Crippen molar-refractivity contribution in [2.75, 3.05) is 16.0 Å². The number of para-hydroxylation sites is 1. The van der Waals surface area contributed by atoms with Crippen LogP contribution < -0.4 is 16.0 Å². The molecule has 3 amide bonds. The standard InChI is InChI=1S/C25H27N3O2/c1-3-10-22(19-11-6-4-7-12-19)24(29)28-23-17-21(16-15-18(23)2)27-25(30)26-20-13-8-5-9-14-20/h4-9,11-17,22H,3,10H2,1-2H3,(H,28,29)(H2,26,27,30). The van der Waals surface area contributed by atoms with E-state index >= 15 is 0 Å². The van der Waals surface area contributed by atoms with Crippen molar-refractivity contribution in [1.82, 2.24) is 0 Å². The number of aryl methyl sites for hydroxylation is 1. The molecule has 0 spiro atoms. The molecule has 0 aliphatic carbocycles. The molecule has 1 atom stereocenters. The molecule has 0 heterocycles. The largest absolute Gasteiger partial charge is 0.325 e. The summed E-state index contributed by atoms with van der Waals surface area (Å²) in [5.41, 5.74) is 3.94. The molecule has 1 unspecified atom stereocenters. The number of anilines is 3. The van der Waals surface area contributed by atoms with Crippen LogP contribution in [0.25, 0.3) is 0 Å². The maximum Gasteiger partial charge on any atom is 0.323 e. The van der Waals surface area contributed by atoms with Gasteiger partial charge in [-0.25, -0.2) is 4.79 Å². The second-order valence-corrected chi connectivity index (χ2v) is 7.22. The summed E-state index contributed by atoms with van der Waals surface area (Å²) in [4.78, 5) is 25.3. The Kier molecular flexibility index (Phi) is 7.22. The van der Waals surface area contributed by atoms with E-state index in [1.165, 1.54) is 0 Å². The number of hydrogen-bond acceptors (Lipinski definition) is 2. The number of urea groups is 1. The van der Waals surface area contributed by atoms with E-state index in [1.807, 2.05) is 79.7 Å². The Labute approximate surface area is 177 Å². The van der Waals surface area contributed by atoms with Crippen LogP contribution in [0.5, 0.6) is 0 Å². The molecule has 3 N–H and O–H groups in total. The van der Waals surface area contributed by atoms with Gasteiger partial charge in [0, 0.05) is 17.1 Å². The summed E-state index contributed by atoms with van der Waals surface area (Å²) in [5.74, 6) is -0.259. The molecular formula is C25H27N3O2. The summed E-state index contributed by atoms with van der Waals surface area (Å²) in [5, 5.41) is 8.65. The summed E-state index contributed by atoms with van der Waals surface area (Å²) < 4.78 is 0. The number of rotatable bonds is 7. The molecule has 3 aromatic carbocycles. The average molecular weight is 402 g/mol. The van der Waals surface area contributed by atoms with Crippen LogP contribution in [-0.4, -0.2) is 11.9 Å². The Balaban J connectivity index is 1.71. The molecule has 3 rings (SSSR count). The average Bonchev–Trinajstić information content (AvgIpc) is 2.75. The van der Waals surface area contributed by atoms with Gasteiger partial charge in [0.15, 0.2) is 0 Å². The van der Waals surface area contributed by atoms with Gasteiger partial charge < -0.3 is 16.0 Å². The highest BCUT2D eigenvalue weighted by Gasteiger charge is 2.20. The first-order valence-corrected chi connectivity index (χ1v) is 10.2. The van der Waals surface area contributed by atoms with E-state index in [0.717, 1.165) is 24.0 Å². The third-order valence-corrected chi connectivity index (χ3v) is 4.88. The molecule has 0 aliphatic rings. The summed E-state index contributed by atoms with van der Waals surface area (Å²) in [7, 11) is 0. The van der Waals surface area contributed by atoms with Gasteiger partial charge in [0.1, 0.15) is 0 Å². The van der Waals surface area contributed by atoms with Crippen molar-refractivity contribution in [3.8, 4) is 0 Å². The van der Waals surface area contributed by atoms with Crippen LogP contribution in [0.2, 0.25) is 0 Å². The zero-order valence-electron chi connectivity index (χ0n) is 17.3. The summed E-state index contributed by atoms with van der Waals surface area (Å²) in [6.07, 6.45) is 1.68. The highest BCUT2D eigenvalue weighted by atomic mass is 16.2. The fourth-order valence-corrected chi connectivity index (χ4v) is 3.29. The topological polar surface area (TPSA) is 70.2 Å². The fraction of sp³-hybridized carbons (Fsp3) is 0.200. The number of hydrogen-bond donors (Lipinski definition) is 3. The molecule has 0 fully saturated rings. The first kappa shape index (κ1) is 21.1. The molecule has 0 radical (unpaired) electrons. The molecular weight excluding hydrogens is 374 g/mol. The molecule has 0 saturated carbocycles. The van der Waals surface area contributed by atoms with Crippen LogP contribution in [0.3, 0.4) is 0 Å². The molecule has 0 bridgehead atoms. The maximum absolute atomic E-state index is 13.0. The normalized spacial score (nSPS) is 11.4. The molecule has 0 saturated heterocycles. The van der Waals surface area contributed by atoms with E-state index < -0.39 is 0 Å². The lowest BCUT2D eigenvalue weighted by molar-refractivity contribution is -0.117. The quantitative estimate of drug-likeness (QED) is 0.444. The highest BCUT2D eigenvalue weighted by Crippen LogP contribution is 2.26. The van der Waals surface area contributed by atoms with E-state index in [1.54, 1.807) is 6.07 Å². The van der Waals surface area contributed by atoms with Crippen LogP contribution in [0.15, 0.2) is 78.9 Å². The van der Waals surface area contributed by atoms with E-state index in [-0.39, 0.29) is 17.9 Å². The maximum atomic E-state index is 13.0. The smallest absolute Gasteiger partial charge is 0.323 e. The Bertz CT molecular complexity index is 988. The van der Waals surface area contributed by atoms with Crippen LogP contribution in [0.1, 0.15) is 36.8 Å². The summed E-state index contributed by atoms with van der Waals surface area (Å²) in [6.45, 7) is 4.01. The molecule has 0 aromatic heterocycles. The van der Waals surface area contributed by atoms with Crippen molar-refractivity contribution in [3.05, 3.63) is 90.0 Å². The van der Waals surface area contributed by atoms with Crippen molar-refractivity contribution in [2.45, 2.75) is 32.6 Å². The Morgan fingerprint density at radius 1 is 0.800 bits per heavy atom. The molecule has 5 nitrogen and oxygen atoms in total. The molecule has 3 aromatic rings. The minimum Gasteiger partial charge on any atom is -0.325 e. The Morgan fingerprint density at radius 2 is 1.43 bits per heavy atom. The zero-order valence-corrected chi connectivity index (χ0v) is 17.3. The van der Waals surface area contributed by atoms with Crippen molar-refractivity contribution in [3.63, 3.8) is 0 Å². The van der Waals surface area contributed by atoms with E-state index in [2.05, 4.69) is 22.9 Å². The van der Waals surface area contributed by atoms with Crippen molar-refractivity contribution in [1.29, 1.82) is 0 Å². The molecule has 30 heavy (non-hydrogen) atoms. The fourth-order valence-electron chi connectivity index (χ4n) is 3.29. The predicted molar refractivity (Wildman–Crippen MR) is 123 cm³/mol. The number of nitrogens with one attached hydrogen (secondary N) is 3. The van der Waals surface area contributed by atoms with E-state index in [9.17, 15) is 9.59 Å². The number of benzene rings is 3. The monoisotopic (exact) mass is 401 g/mol. The summed E-state index contributed by atoms with van der Waals surface area (Å²) in [6, 6.07) is 24.2. The van der Waals surface area contributed by atoms with Gasteiger partial charge in [0.05, 0.1) is 5.92 Å². The van der Waals surface area contributed by atoms with Crippen LogP contribution >= 0.6 is 0 Å². The molecule has 0 aliphatic heterocycles. The van der Waals surface area contributed by atoms with E-state index in [4.69, 9.17) is 0 Å². The van der Waals surface area contributed by atoms with Gasteiger partial charge in [-0.3, -0.25) is 4.79 Å². The van der Waals surface area contributed by atoms with Gasteiger partial charge in [-0.15, -0.1) is 0 Å². The third-order valence-electron chi connectivity index (χ3n) is 4.88. The van der Waals surface area contributed by atoms with Gasteiger partial charge in [-0.05, 0) is 48.7 Å². The minimum absolute atomic E-state index is 0.0444.